The minimum Gasteiger partial charge on any atom is -0.418 e. The molecule has 3 heteroatoms. The van der Waals surface area contributed by atoms with E-state index in [1.165, 1.54) is 11.6 Å². The minimum absolute atomic E-state index is 0.833. The Morgan fingerprint density at radius 1 is 1.20 bits per heavy atom. The molecule has 0 saturated heterocycles. The predicted octanol–water partition coefficient (Wildman–Crippen LogP) is 3.05. The second kappa shape index (κ2) is 5.33. The van der Waals surface area contributed by atoms with Crippen LogP contribution in [0.15, 0.2) is 24.3 Å². The van der Waals surface area contributed by atoms with Gasteiger partial charge in [-0.25, -0.2) is 0 Å². The van der Waals surface area contributed by atoms with Gasteiger partial charge in [0.2, 0.25) is 0 Å². The van der Waals surface area contributed by atoms with Crippen LogP contribution in [0.4, 0.5) is 5.69 Å². The van der Waals surface area contributed by atoms with Gasteiger partial charge < -0.3 is 10.2 Å². The van der Waals surface area contributed by atoms with Crippen molar-refractivity contribution in [3.8, 4) is 0 Å². The molecule has 1 rings (SSSR count). The molecule has 0 bridgehead atoms. The number of hydrogen-bond acceptors (Lipinski definition) is 2. The topological polar surface area (TPSA) is 35.2 Å². The number of hydrogen-bond donors (Lipinski definition) is 1. The summed E-state index contributed by atoms with van der Waals surface area (Å²) in [7, 11) is -1.43. The van der Waals surface area contributed by atoms with E-state index in [4.69, 9.17) is 10.2 Å². The molecule has 84 valence electrons. The van der Waals surface area contributed by atoms with Crippen molar-refractivity contribution >= 4 is 14.0 Å². The summed E-state index contributed by atoms with van der Waals surface area (Å²) in [5.74, 6) is 0. The van der Waals surface area contributed by atoms with E-state index in [0.29, 0.717) is 0 Å². The zero-order valence-corrected chi connectivity index (χ0v) is 10.9. The van der Waals surface area contributed by atoms with Crippen molar-refractivity contribution in [2.75, 3.05) is 12.3 Å². The highest BCUT2D eigenvalue weighted by Crippen LogP contribution is 2.16. The Kier molecular flexibility index (Phi) is 4.36. The maximum absolute atomic E-state index is 5.79. The lowest BCUT2D eigenvalue weighted by molar-refractivity contribution is 0.329. The molecule has 2 N–H and O–H groups in total. The molecule has 0 aliphatic heterocycles. The standard InChI is InChI=1S/C12H21NOSi/c1-4-14-15(2,3)10-9-11-5-7-12(13)8-6-11/h5-8H,4,9-10,13H2,1-3H3. The van der Waals surface area contributed by atoms with E-state index in [1.54, 1.807) is 0 Å². The van der Waals surface area contributed by atoms with Crippen molar-refractivity contribution in [2.24, 2.45) is 0 Å². The van der Waals surface area contributed by atoms with Crippen LogP contribution in [0.3, 0.4) is 0 Å². The number of nitrogen functional groups attached to an aromatic ring is 1. The van der Waals surface area contributed by atoms with Crippen LogP contribution in [-0.2, 0) is 10.8 Å². The van der Waals surface area contributed by atoms with Gasteiger partial charge in [0.1, 0.15) is 0 Å². The van der Waals surface area contributed by atoms with Crippen molar-refractivity contribution < 1.29 is 4.43 Å². The molecule has 0 unspecified atom stereocenters. The Bertz CT molecular complexity index is 295. The fourth-order valence-corrected chi connectivity index (χ4v) is 3.41. The maximum atomic E-state index is 5.79. The first-order valence-electron chi connectivity index (χ1n) is 5.52. The van der Waals surface area contributed by atoms with Gasteiger partial charge in [-0.3, -0.25) is 0 Å². The molecule has 0 aliphatic carbocycles. The van der Waals surface area contributed by atoms with Crippen molar-refractivity contribution in [3.05, 3.63) is 29.8 Å². The van der Waals surface area contributed by atoms with Crippen LogP contribution in [0.25, 0.3) is 0 Å². The summed E-state index contributed by atoms with van der Waals surface area (Å²) in [6.07, 6.45) is 1.10. The molecule has 0 amide bonds. The Hall–Kier alpha value is -0.803. The van der Waals surface area contributed by atoms with Crippen molar-refractivity contribution in [3.63, 3.8) is 0 Å². The number of anilines is 1. The fraction of sp³-hybridized carbons (Fsp3) is 0.500. The molecular formula is C12H21NOSi. The quantitative estimate of drug-likeness (QED) is 0.615. The van der Waals surface area contributed by atoms with Crippen LogP contribution in [0.1, 0.15) is 12.5 Å². The highest BCUT2D eigenvalue weighted by atomic mass is 28.4. The first kappa shape index (κ1) is 12.3. The molecule has 0 saturated carbocycles. The van der Waals surface area contributed by atoms with E-state index >= 15 is 0 Å². The predicted molar refractivity (Wildman–Crippen MR) is 68.5 cm³/mol. The lowest BCUT2D eigenvalue weighted by Gasteiger charge is -2.21. The highest BCUT2D eigenvalue weighted by molar-refractivity contribution is 6.71. The zero-order chi connectivity index (χ0) is 11.3. The third kappa shape index (κ3) is 4.49. The molecule has 0 atom stereocenters. The van der Waals surface area contributed by atoms with Crippen LogP contribution in [0, 0.1) is 0 Å². The van der Waals surface area contributed by atoms with E-state index in [2.05, 4.69) is 32.2 Å². The Labute approximate surface area is 93.6 Å². The SMILES string of the molecule is CCO[Si](C)(C)CCc1ccc(N)cc1. The van der Waals surface area contributed by atoms with E-state index in [-0.39, 0.29) is 0 Å². The molecule has 2 nitrogen and oxygen atoms in total. The summed E-state index contributed by atoms with van der Waals surface area (Å²) in [5, 5.41) is 0. The molecular weight excluding hydrogens is 202 g/mol. The third-order valence-corrected chi connectivity index (χ3v) is 5.05. The number of nitrogens with two attached hydrogens (primary N) is 1. The molecule has 15 heavy (non-hydrogen) atoms. The van der Waals surface area contributed by atoms with Gasteiger partial charge in [0.25, 0.3) is 0 Å². The smallest absolute Gasteiger partial charge is 0.187 e. The number of benzene rings is 1. The summed E-state index contributed by atoms with van der Waals surface area (Å²) in [6.45, 7) is 7.44. The van der Waals surface area contributed by atoms with Crippen molar-refractivity contribution in [1.29, 1.82) is 0 Å². The highest BCUT2D eigenvalue weighted by Gasteiger charge is 2.20. The summed E-state index contributed by atoms with van der Waals surface area (Å²) in [5.41, 5.74) is 7.83. The van der Waals surface area contributed by atoms with Crippen LogP contribution in [-0.4, -0.2) is 14.9 Å². The maximum Gasteiger partial charge on any atom is 0.187 e. The van der Waals surface area contributed by atoms with Gasteiger partial charge in [-0.1, -0.05) is 12.1 Å². The minimum atomic E-state index is -1.43. The van der Waals surface area contributed by atoms with Gasteiger partial charge in [-0.15, -0.1) is 0 Å². The number of aryl methyl sites for hydroxylation is 1. The van der Waals surface area contributed by atoms with E-state index in [1.807, 2.05) is 12.1 Å². The van der Waals surface area contributed by atoms with Crippen LogP contribution >= 0.6 is 0 Å². The molecule has 1 aromatic carbocycles. The van der Waals surface area contributed by atoms with E-state index in [9.17, 15) is 0 Å². The summed E-state index contributed by atoms with van der Waals surface area (Å²) >= 11 is 0. The summed E-state index contributed by atoms with van der Waals surface area (Å²) in [6, 6.07) is 9.30. The van der Waals surface area contributed by atoms with E-state index in [0.717, 1.165) is 18.7 Å². The first-order chi connectivity index (χ1) is 7.03. The lowest BCUT2D eigenvalue weighted by Crippen LogP contribution is -2.30. The summed E-state index contributed by atoms with van der Waals surface area (Å²) in [4.78, 5) is 0. The van der Waals surface area contributed by atoms with Crippen LogP contribution < -0.4 is 5.73 Å². The first-order valence-corrected chi connectivity index (χ1v) is 8.63. The van der Waals surface area contributed by atoms with Crippen molar-refractivity contribution in [1.82, 2.24) is 0 Å². The second-order valence-corrected chi connectivity index (χ2v) is 8.74. The number of rotatable bonds is 5. The van der Waals surface area contributed by atoms with Crippen LogP contribution in [0.2, 0.25) is 19.1 Å². The Morgan fingerprint density at radius 3 is 2.33 bits per heavy atom. The second-order valence-electron chi connectivity index (χ2n) is 4.43. The third-order valence-electron chi connectivity index (χ3n) is 2.53. The van der Waals surface area contributed by atoms with Crippen LogP contribution in [0.5, 0.6) is 0 Å². The Morgan fingerprint density at radius 2 is 1.80 bits per heavy atom. The summed E-state index contributed by atoms with van der Waals surface area (Å²) < 4.78 is 5.79. The van der Waals surface area contributed by atoms with Gasteiger partial charge in [-0.2, -0.15) is 0 Å². The lowest BCUT2D eigenvalue weighted by atomic mass is 10.1. The fourth-order valence-electron chi connectivity index (χ4n) is 1.59. The van der Waals surface area contributed by atoms with Gasteiger partial charge in [-0.05, 0) is 50.2 Å². The largest absolute Gasteiger partial charge is 0.418 e. The normalized spacial score (nSPS) is 11.7. The molecule has 0 aliphatic rings. The van der Waals surface area contributed by atoms with Crippen molar-refractivity contribution in [2.45, 2.75) is 32.5 Å². The van der Waals surface area contributed by atoms with E-state index < -0.39 is 8.32 Å². The monoisotopic (exact) mass is 223 g/mol. The van der Waals surface area contributed by atoms with Gasteiger partial charge in [0.15, 0.2) is 8.32 Å². The van der Waals surface area contributed by atoms with Gasteiger partial charge >= 0.3 is 0 Å². The molecule has 0 heterocycles. The zero-order valence-electron chi connectivity index (χ0n) is 9.92. The molecule has 0 radical (unpaired) electrons. The van der Waals surface area contributed by atoms with Gasteiger partial charge in [0.05, 0.1) is 0 Å². The average molecular weight is 223 g/mol. The molecule has 0 spiro atoms. The van der Waals surface area contributed by atoms with Gasteiger partial charge in [0, 0.05) is 12.3 Å². The molecule has 1 aromatic rings. The molecule has 0 aromatic heterocycles. The Balaban J connectivity index is 2.46. The molecule has 0 fully saturated rings. The average Bonchev–Trinajstić information content (AvgIpc) is 2.17.